The van der Waals surface area contributed by atoms with Crippen molar-refractivity contribution in [2.75, 3.05) is 7.05 Å². The number of nitrogens with zero attached hydrogens (tertiary/aromatic N) is 1. The minimum atomic E-state index is -0.00219. The summed E-state index contributed by atoms with van der Waals surface area (Å²) in [7, 11) is 1.82. The maximum Gasteiger partial charge on any atom is 0.254 e. The topological polar surface area (TPSA) is 20.3 Å². The Morgan fingerprint density at radius 3 is 2.45 bits per heavy atom. The fourth-order valence-electron chi connectivity index (χ4n) is 1.97. The van der Waals surface area contributed by atoms with E-state index in [2.05, 4.69) is 22.6 Å². The number of rotatable bonds is 3. The lowest BCUT2D eigenvalue weighted by atomic mass is 10.1. The van der Waals surface area contributed by atoms with Crippen LogP contribution in [-0.2, 0) is 0 Å². The molecule has 1 amide bonds. The van der Waals surface area contributed by atoms with Crippen LogP contribution in [0, 0.1) is 3.57 Å². The summed E-state index contributed by atoms with van der Waals surface area (Å²) in [4.78, 5) is 14.2. The summed E-state index contributed by atoms with van der Waals surface area (Å²) in [5, 5.41) is 0.701. The highest BCUT2D eigenvalue weighted by molar-refractivity contribution is 14.1. The summed E-state index contributed by atoms with van der Waals surface area (Å²) in [5.41, 5.74) is 1.77. The molecule has 1 unspecified atom stereocenters. The van der Waals surface area contributed by atoms with Gasteiger partial charge in [-0.15, -0.1) is 0 Å². The van der Waals surface area contributed by atoms with Crippen LogP contribution in [0.3, 0.4) is 0 Å². The van der Waals surface area contributed by atoms with Crippen LogP contribution in [0.25, 0.3) is 0 Å². The van der Waals surface area contributed by atoms with Crippen LogP contribution in [0.5, 0.6) is 0 Å². The average Bonchev–Trinajstić information content (AvgIpc) is 2.46. The maximum atomic E-state index is 12.5. The summed E-state index contributed by atoms with van der Waals surface area (Å²) in [6.07, 6.45) is 0. The molecule has 2 aromatic rings. The molecule has 1 atom stereocenters. The third-order valence-corrected chi connectivity index (χ3v) is 4.25. The van der Waals surface area contributed by atoms with Crippen molar-refractivity contribution in [1.82, 2.24) is 4.90 Å². The van der Waals surface area contributed by atoms with Gasteiger partial charge in [0.1, 0.15) is 0 Å². The lowest BCUT2D eigenvalue weighted by Crippen LogP contribution is -2.29. The van der Waals surface area contributed by atoms with Gasteiger partial charge in [0.05, 0.1) is 6.04 Å². The maximum absolute atomic E-state index is 12.5. The highest BCUT2D eigenvalue weighted by Crippen LogP contribution is 2.22. The third kappa shape index (κ3) is 3.52. The second-order valence-corrected chi connectivity index (χ2v) is 6.34. The van der Waals surface area contributed by atoms with Gasteiger partial charge in [-0.05, 0) is 65.4 Å². The molecule has 0 heterocycles. The number of carbonyl (C=O) groups is 1. The van der Waals surface area contributed by atoms with Gasteiger partial charge in [0.15, 0.2) is 0 Å². The van der Waals surface area contributed by atoms with Crippen LogP contribution in [0.1, 0.15) is 28.9 Å². The van der Waals surface area contributed by atoms with Crippen LogP contribution < -0.4 is 0 Å². The Balaban J connectivity index is 2.20. The van der Waals surface area contributed by atoms with Crippen molar-refractivity contribution in [3.63, 3.8) is 0 Å². The van der Waals surface area contributed by atoms with Crippen LogP contribution in [0.4, 0.5) is 0 Å². The van der Waals surface area contributed by atoms with Crippen molar-refractivity contribution in [1.29, 1.82) is 0 Å². The zero-order valence-corrected chi connectivity index (χ0v) is 14.2. The van der Waals surface area contributed by atoms with Crippen LogP contribution in [0.15, 0.2) is 48.5 Å². The van der Waals surface area contributed by atoms with Crippen LogP contribution in [-0.4, -0.2) is 17.9 Å². The van der Waals surface area contributed by atoms with Crippen molar-refractivity contribution >= 4 is 40.1 Å². The van der Waals surface area contributed by atoms with Crippen LogP contribution in [0.2, 0.25) is 5.02 Å². The van der Waals surface area contributed by atoms with Crippen molar-refractivity contribution in [2.24, 2.45) is 0 Å². The van der Waals surface area contributed by atoms with E-state index in [0.717, 1.165) is 9.13 Å². The summed E-state index contributed by atoms with van der Waals surface area (Å²) >= 11 is 8.10. The van der Waals surface area contributed by atoms with Gasteiger partial charge in [0, 0.05) is 21.2 Å². The molecule has 0 aliphatic heterocycles. The van der Waals surface area contributed by atoms with Gasteiger partial charge in [-0.1, -0.05) is 29.8 Å². The summed E-state index contributed by atoms with van der Waals surface area (Å²) in [5.74, 6) is 0.0194. The molecule has 0 saturated carbocycles. The monoisotopic (exact) mass is 399 g/mol. The van der Waals surface area contributed by atoms with Gasteiger partial charge in [-0.2, -0.15) is 0 Å². The molecule has 20 heavy (non-hydrogen) atoms. The molecule has 0 spiro atoms. The summed E-state index contributed by atoms with van der Waals surface area (Å²) in [6.45, 7) is 2.01. The van der Waals surface area contributed by atoms with Crippen molar-refractivity contribution in [3.8, 4) is 0 Å². The first-order chi connectivity index (χ1) is 9.49. The molecular weight excluding hydrogens is 385 g/mol. The van der Waals surface area contributed by atoms with E-state index in [1.807, 2.05) is 62.5 Å². The molecule has 2 rings (SSSR count). The largest absolute Gasteiger partial charge is 0.335 e. The van der Waals surface area contributed by atoms with Crippen molar-refractivity contribution < 1.29 is 4.79 Å². The van der Waals surface area contributed by atoms with E-state index in [4.69, 9.17) is 11.6 Å². The summed E-state index contributed by atoms with van der Waals surface area (Å²) < 4.78 is 1.06. The SMILES string of the molecule is CC(c1ccc(Cl)cc1)N(C)C(=O)c1cccc(I)c1. The first kappa shape index (κ1) is 15.3. The molecule has 0 fully saturated rings. The van der Waals surface area contributed by atoms with E-state index in [1.165, 1.54) is 0 Å². The molecule has 4 heteroatoms. The minimum Gasteiger partial charge on any atom is -0.335 e. The van der Waals surface area contributed by atoms with Crippen LogP contribution >= 0.6 is 34.2 Å². The average molecular weight is 400 g/mol. The number of amides is 1. The second kappa shape index (κ2) is 6.59. The molecule has 0 aliphatic rings. The standard InChI is InChI=1S/C16H15ClINO/c1-11(12-6-8-14(17)9-7-12)19(2)16(20)13-4-3-5-15(18)10-13/h3-11H,1-2H3. The summed E-state index contributed by atoms with van der Waals surface area (Å²) in [6, 6.07) is 15.2. The van der Waals surface area contributed by atoms with Gasteiger partial charge < -0.3 is 4.90 Å². The Bertz CT molecular complexity index is 612. The number of halogens is 2. The fourth-order valence-corrected chi connectivity index (χ4v) is 2.64. The Kier molecular flexibility index (Phi) is 5.05. The Morgan fingerprint density at radius 1 is 1.20 bits per heavy atom. The van der Waals surface area contributed by atoms with E-state index in [9.17, 15) is 4.79 Å². The molecule has 0 radical (unpaired) electrons. The molecular formula is C16H15ClINO. The minimum absolute atomic E-state index is 0.00219. The highest BCUT2D eigenvalue weighted by Gasteiger charge is 2.18. The van der Waals surface area contributed by atoms with Gasteiger partial charge in [-0.3, -0.25) is 4.79 Å². The Hall–Kier alpha value is -1.07. The molecule has 2 nitrogen and oxygen atoms in total. The molecule has 0 aliphatic carbocycles. The van der Waals surface area contributed by atoms with Gasteiger partial charge in [0.25, 0.3) is 5.91 Å². The molecule has 104 valence electrons. The first-order valence-electron chi connectivity index (χ1n) is 6.27. The van der Waals surface area contributed by atoms with Gasteiger partial charge in [0.2, 0.25) is 0 Å². The van der Waals surface area contributed by atoms with Crippen molar-refractivity contribution in [2.45, 2.75) is 13.0 Å². The number of carbonyl (C=O) groups excluding carboxylic acids is 1. The smallest absolute Gasteiger partial charge is 0.254 e. The van der Waals surface area contributed by atoms with Gasteiger partial charge in [-0.25, -0.2) is 0 Å². The van der Waals surface area contributed by atoms with E-state index < -0.39 is 0 Å². The third-order valence-electron chi connectivity index (χ3n) is 3.33. The zero-order chi connectivity index (χ0) is 14.7. The predicted molar refractivity (Wildman–Crippen MR) is 91.1 cm³/mol. The second-order valence-electron chi connectivity index (χ2n) is 4.65. The number of hydrogen-bond donors (Lipinski definition) is 0. The predicted octanol–water partition coefficient (Wildman–Crippen LogP) is 4.78. The lowest BCUT2D eigenvalue weighted by molar-refractivity contribution is 0.0742. The number of hydrogen-bond acceptors (Lipinski definition) is 1. The zero-order valence-electron chi connectivity index (χ0n) is 11.3. The van der Waals surface area contributed by atoms with Gasteiger partial charge >= 0.3 is 0 Å². The molecule has 0 bridgehead atoms. The highest BCUT2D eigenvalue weighted by atomic mass is 127. The molecule has 2 aromatic carbocycles. The number of benzene rings is 2. The normalized spacial score (nSPS) is 12.0. The van der Waals surface area contributed by atoms with E-state index in [-0.39, 0.29) is 11.9 Å². The Labute approximate surface area is 137 Å². The van der Waals surface area contributed by atoms with Crippen molar-refractivity contribution in [3.05, 3.63) is 68.3 Å². The lowest BCUT2D eigenvalue weighted by Gasteiger charge is -2.25. The van der Waals surface area contributed by atoms with E-state index in [0.29, 0.717) is 10.6 Å². The van der Waals surface area contributed by atoms with E-state index >= 15 is 0 Å². The van der Waals surface area contributed by atoms with E-state index in [1.54, 1.807) is 4.90 Å². The Morgan fingerprint density at radius 2 is 1.85 bits per heavy atom. The molecule has 0 N–H and O–H groups in total. The first-order valence-corrected chi connectivity index (χ1v) is 7.73. The molecule has 0 aromatic heterocycles. The fraction of sp³-hybridized carbons (Fsp3) is 0.188. The quantitative estimate of drug-likeness (QED) is 0.680. The molecule has 0 saturated heterocycles.